The van der Waals surface area contributed by atoms with Gasteiger partial charge in [-0.3, -0.25) is 4.79 Å². The number of oxazole rings is 1. The number of hydrogen-bond donors (Lipinski definition) is 1. The van der Waals surface area contributed by atoms with E-state index in [9.17, 15) is 4.79 Å². The van der Waals surface area contributed by atoms with E-state index in [1.165, 1.54) is 11.3 Å². The first kappa shape index (κ1) is 19.6. The van der Waals surface area contributed by atoms with Gasteiger partial charge in [-0.05, 0) is 12.0 Å². The zero-order chi connectivity index (χ0) is 19.3. The van der Waals surface area contributed by atoms with Crippen LogP contribution in [0.25, 0.3) is 0 Å². The Morgan fingerprint density at radius 2 is 1.96 bits per heavy atom. The number of rotatable bonds is 7. The minimum absolute atomic E-state index is 0.0210. The molecule has 7 heteroatoms. The fourth-order valence-electron chi connectivity index (χ4n) is 2.32. The van der Waals surface area contributed by atoms with Gasteiger partial charge in [-0.25, -0.2) is 9.97 Å². The molecule has 0 saturated heterocycles. The quantitative estimate of drug-likeness (QED) is 0.545. The molecule has 0 spiro atoms. The standard InChI is InChI=1S/C20H23N3O2S2/c1-20(2,3)15-11-21-17(25-15)13-26-18-12-22-19(27-18)23-16(24)10-9-14-7-5-4-6-8-14/h4-8,11-12H,9-10,13H2,1-3H3,(H,22,23,24). The highest BCUT2D eigenvalue weighted by Crippen LogP contribution is 2.31. The molecule has 0 atom stereocenters. The van der Waals surface area contributed by atoms with Crippen molar-refractivity contribution in [1.29, 1.82) is 0 Å². The molecule has 3 rings (SSSR count). The largest absolute Gasteiger partial charge is 0.444 e. The van der Waals surface area contributed by atoms with Gasteiger partial charge in [-0.1, -0.05) is 62.4 Å². The molecule has 0 aliphatic carbocycles. The van der Waals surface area contributed by atoms with Crippen LogP contribution in [0, 0.1) is 0 Å². The molecule has 0 unspecified atom stereocenters. The van der Waals surface area contributed by atoms with Crippen LogP contribution in [-0.2, 0) is 22.4 Å². The summed E-state index contributed by atoms with van der Waals surface area (Å²) in [6.45, 7) is 6.29. The minimum atomic E-state index is -0.0440. The molecule has 1 N–H and O–H groups in total. The summed E-state index contributed by atoms with van der Waals surface area (Å²) in [4.78, 5) is 20.7. The summed E-state index contributed by atoms with van der Waals surface area (Å²) in [5, 5.41) is 3.49. The Morgan fingerprint density at radius 1 is 1.19 bits per heavy atom. The molecule has 142 valence electrons. The van der Waals surface area contributed by atoms with Crippen molar-refractivity contribution in [3.63, 3.8) is 0 Å². The van der Waals surface area contributed by atoms with E-state index in [1.54, 1.807) is 24.2 Å². The molecule has 1 amide bonds. The zero-order valence-electron chi connectivity index (χ0n) is 15.7. The Morgan fingerprint density at radius 3 is 2.67 bits per heavy atom. The van der Waals surface area contributed by atoms with Gasteiger partial charge in [0.25, 0.3) is 0 Å². The third-order valence-electron chi connectivity index (χ3n) is 3.85. The van der Waals surface area contributed by atoms with Crippen LogP contribution >= 0.6 is 23.1 Å². The van der Waals surface area contributed by atoms with Gasteiger partial charge in [0.2, 0.25) is 11.8 Å². The van der Waals surface area contributed by atoms with Crippen LogP contribution in [0.4, 0.5) is 5.13 Å². The number of nitrogens with zero attached hydrogens (tertiary/aromatic N) is 2. The monoisotopic (exact) mass is 401 g/mol. The molecule has 0 radical (unpaired) electrons. The van der Waals surface area contributed by atoms with Crippen molar-refractivity contribution in [2.45, 2.75) is 49.0 Å². The maximum Gasteiger partial charge on any atom is 0.226 e. The Bertz CT molecular complexity index is 882. The molecule has 2 heterocycles. The lowest BCUT2D eigenvalue weighted by Crippen LogP contribution is -2.11. The number of thiazole rings is 1. The van der Waals surface area contributed by atoms with Crippen molar-refractivity contribution in [3.8, 4) is 0 Å². The van der Waals surface area contributed by atoms with E-state index in [1.807, 2.05) is 30.3 Å². The number of aryl methyl sites for hydroxylation is 1. The van der Waals surface area contributed by atoms with Crippen LogP contribution in [0.5, 0.6) is 0 Å². The molecule has 2 aromatic heterocycles. The summed E-state index contributed by atoms with van der Waals surface area (Å²) in [7, 11) is 0. The van der Waals surface area contributed by atoms with Gasteiger partial charge in [-0.2, -0.15) is 0 Å². The smallest absolute Gasteiger partial charge is 0.226 e. The van der Waals surface area contributed by atoms with E-state index in [0.29, 0.717) is 23.2 Å². The van der Waals surface area contributed by atoms with Gasteiger partial charge in [0.05, 0.1) is 22.4 Å². The van der Waals surface area contributed by atoms with Crippen molar-refractivity contribution in [2.75, 3.05) is 5.32 Å². The normalized spacial score (nSPS) is 11.5. The van der Waals surface area contributed by atoms with Crippen molar-refractivity contribution in [2.24, 2.45) is 0 Å². The predicted molar refractivity (Wildman–Crippen MR) is 110 cm³/mol. The molecule has 0 aliphatic rings. The summed E-state index contributed by atoms with van der Waals surface area (Å²) in [5.74, 6) is 2.20. The van der Waals surface area contributed by atoms with E-state index in [2.05, 4.69) is 36.1 Å². The maximum absolute atomic E-state index is 12.1. The summed E-state index contributed by atoms with van der Waals surface area (Å²) in [5.41, 5.74) is 1.11. The second kappa shape index (κ2) is 8.71. The lowest BCUT2D eigenvalue weighted by molar-refractivity contribution is -0.116. The fourth-order valence-corrected chi connectivity index (χ4v) is 4.07. The van der Waals surface area contributed by atoms with Crippen LogP contribution in [0.15, 0.2) is 51.4 Å². The molecule has 0 saturated carbocycles. The molecular formula is C20H23N3O2S2. The van der Waals surface area contributed by atoms with Crippen LogP contribution in [0.3, 0.4) is 0 Å². The average Bonchev–Trinajstić information content (AvgIpc) is 3.28. The topological polar surface area (TPSA) is 68.0 Å². The van der Waals surface area contributed by atoms with E-state index < -0.39 is 0 Å². The highest BCUT2D eigenvalue weighted by Gasteiger charge is 2.19. The first-order valence-corrected chi connectivity index (χ1v) is 10.6. The number of aromatic nitrogens is 2. The Hall–Kier alpha value is -2.12. The average molecular weight is 402 g/mol. The number of carbonyl (C=O) groups is 1. The Kier molecular flexibility index (Phi) is 6.34. The summed E-state index contributed by atoms with van der Waals surface area (Å²) >= 11 is 3.07. The number of thioether (sulfide) groups is 1. The van der Waals surface area contributed by atoms with E-state index in [0.717, 1.165) is 22.0 Å². The third-order valence-corrected chi connectivity index (χ3v) is 5.94. The van der Waals surface area contributed by atoms with E-state index in [-0.39, 0.29) is 11.3 Å². The summed E-state index contributed by atoms with van der Waals surface area (Å²) in [6, 6.07) is 9.99. The van der Waals surface area contributed by atoms with E-state index in [4.69, 9.17) is 4.42 Å². The lowest BCUT2D eigenvalue weighted by Gasteiger charge is -2.12. The van der Waals surface area contributed by atoms with E-state index >= 15 is 0 Å². The van der Waals surface area contributed by atoms with Crippen molar-refractivity contribution in [3.05, 3.63) is 59.9 Å². The van der Waals surface area contributed by atoms with Gasteiger partial charge < -0.3 is 9.73 Å². The summed E-state index contributed by atoms with van der Waals surface area (Å²) in [6.07, 6.45) is 4.73. The predicted octanol–water partition coefficient (Wildman–Crippen LogP) is 5.29. The highest BCUT2D eigenvalue weighted by atomic mass is 32.2. The summed E-state index contributed by atoms with van der Waals surface area (Å²) < 4.78 is 6.82. The van der Waals surface area contributed by atoms with Crippen LogP contribution in [0.2, 0.25) is 0 Å². The molecule has 0 bridgehead atoms. The van der Waals surface area contributed by atoms with Crippen LogP contribution in [0.1, 0.15) is 44.4 Å². The fraction of sp³-hybridized carbons (Fsp3) is 0.350. The van der Waals surface area contributed by atoms with Crippen molar-refractivity contribution < 1.29 is 9.21 Å². The number of benzene rings is 1. The SMILES string of the molecule is CC(C)(C)c1cnc(CSc2cnc(NC(=O)CCc3ccccc3)s2)o1. The molecule has 27 heavy (non-hydrogen) atoms. The molecular weight excluding hydrogens is 378 g/mol. The Balaban J connectivity index is 1.46. The number of anilines is 1. The van der Waals surface area contributed by atoms with Crippen LogP contribution < -0.4 is 5.32 Å². The molecule has 3 aromatic rings. The van der Waals surface area contributed by atoms with Gasteiger partial charge in [0.1, 0.15) is 5.76 Å². The molecule has 0 fully saturated rings. The van der Waals surface area contributed by atoms with Gasteiger partial charge in [-0.15, -0.1) is 11.8 Å². The molecule has 5 nitrogen and oxygen atoms in total. The van der Waals surface area contributed by atoms with Gasteiger partial charge >= 0.3 is 0 Å². The first-order chi connectivity index (χ1) is 12.9. The van der Waals surface area contributed by atoms with Crippen molar-refractivity contribution >= 4 is 34.1 Å². The second-order valence-electron chi connectivity index (χ2n) is 7.18. The number of carbonyl (C=O) groups excluding carboxylic acids is 1. The zero-order valence-corrected chi connectivity index (χ0v) is 17.3. The molecule has 1 aromatic carbocycles. The first-order valence-electron chi connectivity index (χ1n) is 8.78. The number of nitrogens with one attached hydrogen (secondary N) is 1. The maximum atomic E-state index is 12.1. The minimum Gasteiger partial charge on any atom is -0.444 e. The van der Waals surface area contributed by atoms with Gasteiger partial charge in [0, 0.05) is 11.8 Å². The second-order valence-corrected chi connectivity index (χ2v) is 9.48. The Labute approximate surface area is 167 Å². The third kappa shape index (κ3) is 5.94. The lowest BCUT2D eigenvalue weighted by atomic mass is 9.94. The van der Waals surface area contributed by atoms with Gasteiger partial charge in [0.15, 0.2) is 5.13 Å². The number of hydrogen-bond acceptors (Lipinski definition) is 6. The number of amides is 1. The molecule has 0 aliphatic heterocycles. The van der Waals surface area contributed by atoms with Crippen molar-refractivity contribution in [1.82, 2.24) is 9.97 Å². The van der Waals surface area contributed by atoms with Crippen LogP contribution in [-0.4, -0.2) is 15.9 Å². The highest BCUT2D eigenvalue weighted by molar-refractivity contribution is 8.00.